The zero-order chi connectivity index (χ0) is 24.1. The highest BCUT2D eigenvalue weighted by molar-refractivity contribution is 5.98. The molecule has 33 heavy (non-hydrogen) atoms. The molecule has 1 unspecified atom stereocenters. The molecule has 0 bridgehead atoms. The van der Waals surface area contributed by atoms with E-state index < -0.39 is 35.3 Å². The van der Waals surface area contributed by atoms with E-state index in [9.17, 15) is 22.8 Å². The summed E-state index contributed by atoms with van der Waals surface area (Å²) in [4.78, 5) is 24.9. The van der Waals surface area contributed by atoms with Gasteiger partial charge in [-0.3, -0.25) is 14.8 Å². The fraction of sp³-hybridized carbons (Fsp3) is 0.130. The Morgan fingerprint density at radius 2 is 1.45 bits per heavy atom. The molecule has 10 heteroatoms. The van der Waals surface area contributed by atoms with Crippen molar-refractivity contribution in [3.63, 3.8) is 0 Å². The van der Waals surface area contributed by atoms with Crippen LogP contribution in [-0.2, 0) is 4.79 Å². The zero-order valence-electron chi connectivity index (χ0n) is 17.5. The van der Waals surface area contributed by atoms with Crippen LogP contribution in [0.25, 0.3) is 11.1 Å². The van der Waals surface area contributed by atoms with Gasteiger partial charge in [0, 0.05) is 5.56 Å². The van der Waals surface area contributed by atoms with E-state index >= 15 is 0 Å². The smallest absolute Gasteiger partial charge is 0.270 e. The first kappa shape index (κ1) is 23.6. The molecule has 0 saturated carbocycles. The van der Waals surface area contributed by atoms with Crippen LogP contribution in [0.1, 0.15) is 22.0 Å². The van der Waals surface area contributed by atoms with Crippen molar-refractivity contribution in [2.75, 3.05) is 14.2 Å². The number of carbonyl (C=O) groups excluding carboxylic acids is 2. The molecule has 0 saturated heterocycles. The Bertz CT molecular complexity index is 1160. The van der Waals surface area contributed by atoms with Crippen molar-refractivity contribution in [1.82, 2.24) is 10.8 Å². The number of amides is 2. The van der Waals surface area contributed by atoms with Gasteiger partial charge in [0.15, 0.2) is 29.0 Å². The molecule has 3 N–H and O–H groups in total. The van der Waals surface area contributed by atoms with E-state index in [2.05, 4.69) is 5.32 Å². The maximum Gasteiger partial charge on any atom is 0.270 e. The number of halogens is 3. The third-order valence-corrected chi connectivity index (χ3v) is 4.85. The van der Waals surface area contributed by atoms with Crippen LogP contribution in [0.4, 0.5) is 13.2 Å². The van der Waals surface area contributed by atoms with Gasteiger partial charge in [-0.2, -0.15) is 0 Å². The minimum atomic E-state index is -1.58. The predicted octanol–water partition coefficient (Wildman–Crippen LogP) is 3.76. The van der Waals surface area contributed by atoms with Gasteiger partial charge in [-0.05, 0) is 47.0 Å². The van der Waals surface area contributed by atoms with Crippen molar-refractivity contribution < 1.29 is 37.4 Å². The zero-order valence-corrected chi connectivity index (χ0v) is 17.5. The van der Waals surface area contributed by atoms with E-state index in [-0.39, 0.29) is 16.7 Å². The van der Waals surface area contributed by atoms with Crippen LogP contribution in [0.15, 0.2) is 54.6 Å². The summed E-state index contributed by atoms with van der Waals surface area (Å²) in [5, 5.41) is 11.6. The van der Waals surface area contributed by atoms with Gasteiger partial charge in [0.2, 0.25) is 0 Å². The van der Waals surface area contributed by atoms with E-state index in [1.165, 1.54) is 62.2 Å². The first-order valence-corrected chi connectivity index (χ1v) is 9.50. The van der Waals surface area contributed by atoms with Gasteiger partial charge >= 0.3 is 0 Å². The Morgan fingerprint density at radius 1 is 0.848 bits per heavy atom. The average Bonchev–Trinajstić information content (AvgIpc) is 2.84. The summed E-state index contributed by atoms with van der Waals surface area (Å²) in [5.41, 5.74) is 2.34. The monoisotopic (exact) mass is 460 g/mol. The Morgan fingerprint density at radius 3 is 2.00 bits per heavy atom. The van der Waals surface area contributed by atoms with Crippen molar-refractivity contribution in [2.24, 2.45) is 0 Å². The lowest BCUT2D eigenvalue weighted by Crippen LogP contribution is -2.39. The lowest BCUT2D eigenvalue weighted by atomic mass is 9.99. The van der Waals surface area contributed by atoms with Gasteiger partial charge in [-0.1, -0.05) is 24.3 Å². The molecule has 0 spiro atoms. The van der Waals surface area contributed by atoms with E-state index in [1.54, 1.807) is 0 Å². The number of hydrogen-bond donors (Lipinski definition) is 3. The largest absolute Gasteiger partial charge is 0.493 e. The molecule has 3 aromatic carbocycles. The lowest BCUT2D eigenvalue weighted by Gasteiger charge is -2.18. The summed E-state index contributed by atoms with van der Waals surface area (Å²) in [7, 11) is 2.85. The van der Waals surface area contributed by atoms with E-state index in [0.717, 1.165) is 12.1 Å². The first-order valence-electron chi connectivity index (χ1n) is 9.50. The SMILES string of the molecule is COc1ccc(C(=O)NC(C(=O)NO)c2ccc(-c3cc(F)c(F)c(F)c3)cc2)cc1OC. The summed E-state index contributed by atoms with van der Waals surface area (Å²) < 4.78 is 50.6. The number of benzene rings is 3. The lowest BCUT2D eigenvalue weighted by molar-refractivity contribution is -0.131. The van der Waals surface area contributed by atoms with Crippen molar-refractivity contribution in [3.05, 3.63) is 83.2 Å². The second kappa shape index (κ2) is 10.0. The van der Waals surface area contributed by atoms with E-state index in [1.807, 2.05) is 0 Å². The van der Waals surface area contributed by atoms with E-state index in [4.69, 9.17) is 14.7 Å². The number of rotatable bonds is 7. The maximum atomic E-state index is 13.5. The van der Waals surface area contributed by atoms with Crippen molar-refractivity contribution in [2.45, 2.75) is 6.04 Å². The summed E-state index contributed by atoms with van der Waals surface area (Å²) in [6, 6.07) is 10.5. The molecule has 0 heterocycles. The molecule has 2 amide bonds. The number of carbonyl (C=O) groups is 2. The fourth-order valence-corrected chi connectivity index (χ4v) is 3.15. The van der Waals surface area contributed by atoms with Crippen LogP contribution in [0, 0.1) is 17.5 Å². The molecule has 0 radical (unpaired) electrons. The minimum Gasteiger partial charge on any atom is -0.493 e. The Kier molecular flexibility index (Phi) is 7.19. The van der Waals surface area contributed by atoms with Gasteiger partial charge in [-0.15, -0.1) is 0 Å². The number of hydrogen-bond acceptors (Lipinski definition) is 5. The quantitative estimate of drug-likeness (QED) is 0.283. The molecule has 1 atom stereocenters. The molecule has 0 aromatic heterocycles. The highest BCUT2D eigenvalue weighted by Crippen LogP contribution is 2.28. The summed E-state index contributed by atoms with van der Waals surface area (Å²) in [5.74, 6) is -5.11. The van der Waals surface area contributed by atoms with Crippen molar-refractivity contribution >= 4 is 11.8 Å². The molecule has 3 aromatic rings. The Balaban J connectivity index is 1.88. The molecule has 3 rings (SSSR count). The average molecular weight is 460 g/mol. The third-order valence-electron chi connectivity index (χ3n) is 4.85. The van der Waals surface area contributed by atoms with Crippen LogP contribution in [0.2, 0.25) is 0 Å². The van der Waals surface area contributed by atoms with Crippen LogP contribution < -0.4 is 20.3 Å². The highest BCUT2D eigenvalue weighted by atomic mass is 19.2. The molecule has 0 aliphatic rings. The molecule has 172 valence electrons. The van der Waals surface area contributed by atoms with Crippen LogP contribution >= 0.6 is 0 Å². The van der Waals surface area contributed by atoms with Gasteiger partial charge in [0.05, 0.1) is 14.2 Å². The Labute approximate surface area is 186 Å². The van der Waals surface area contributed by atoms with E-state index in [0.29, 0.717) is 17.1 Å². The summed E-state index contributed by atoms with van der Waals surface area (Å²) in [6.45, 7) is 0. The van der Waals surface area contributed by atoms with Crippen LogP contribution in [-0.4, -0.2) is 31.2 Å². The molecule has 7 nitrogen and oxygen atoms in total. The summed E-state index contributed by atoms with van der Waals surface area (Å²) in [6.07, 6.45) is 0. The van der Waals surface area contributed by atoms with Gasteiger partial charge in [0.25, 0.3) is 11.8 Å². The third kappa shape index (κ3) is 5.07. The van der Waals surface area contributed by atoms with Gasteiger partial charge in [0.1, 0.15) is 6.04 Å². The number of hydroxylamine groups is 1. The molecule has 0 aliphatic heterocycles. The van der Waals surface area contributed by atoms with Crippen molar-refractivity contribution in [1.29, 1.82) is 0 Å². The topological polar surface area (TPSA) is 96.9 Å². The molecule has 0 fully saturated rings. The molecular formula is C23H19F3N2O5. The highest BCUT2D eigenvalue weighted by Gasteiger charge is 2.24. The van der Waals surface area contributed by atoms with Crippen molar-refractivity contribution in [3.8, 4) is 22.6 Å². The van der Waals surface area contributed by atoms with Gasteiger partial charge in [-0.25, -0.2) is 18.7 Å². The molecule has 0 aliphatic carbocycles. The normalized spacial score (nSPS) is 11.5. The second-order valence-corrected chi connectivity index (χ2v) is 6.83. The minimum absolute atomic E-state index is 0.0791. The predicted molar refractivity (Wildman–Crippen MR) is 111 cm³/mol. The number of ether oxygens (including phenoxy) is 2. The number of nitrogens with one attached hydrogen (secondary N) is 2. The summed E-state index contributed by atoms with van der Waals surface area (Å²) >= 11 is 0. The van der Waals surface area contributed by atoms with Crippen LogP contribution in [0.5, 0.6) is 11.5 Å². The van der Waals surface area contributed by atoms with Gasteiger partial charge < -0.3 is 14.8 Å². The number of methoxy groups -OCH3 is 2. The Hall–Kier alpha value is -4.05. The first-order chi connectivity index (χ1) is 15.8. The fourth-order valence-electron chi connectivity index (χ4n) is 3.15. The maximum absolute atomic E-state index is 13.5. The standard InChI is InChI=1S/C23H19F3N2O5/c1-32-18-8-7-14(11-19(18)33-2)22(29)27-21(23(30)28-31)13-5-3-12(4-6-13)15-9-16(24)20(26)17(25)10-15/h3-11,21,31H,1-2H3,(H,27,29)(H,28,30). The second-order valence-electron chi connectivity index (χ2n) is 6.83. The molecular weight excluding hydrogens is 441 g/mol. The van der Waals surface area contributed by atoms with Crippen LogP contribution in [0.3, 0.4) is 0 Å².